The number of fused-ring (bicyclic) bond motifs is 1. The summed E-state index contributed by atoms with van der Waals surface area (Å²) >= 11 is 0. The summed E-state index contributed by atoms with van der Waals surface area (Å²) in [5.41, 5.74) is 2.35. The number of aryl methyl sites for hydroxylation is 2. The number of rotatable bonds is 7. The third kappa shape index (κ3) is 4.33. The van der Waals surface area contributed by atoms with Crippen molar-refractivity contribution in [1.82, 2.24) is 30.6 Å². The Labute approximate surface area is 181 Å². The molecular formula is C23H30N6O2. The molecule has 0 aliphatic heterocycles. The molecule has 1 atom stereocenters. The van der Waals surface area contributed by atoms with Crippen LogP contribution in [-0.2, 0) is 11.3 Å². The molecule has 1 aliphatic carbocycles. The van der Waals surface area contributed by atoms with E-state index in [1.54, 1.807) is 0 Å². The van der Waals surface area contributed by atoms with Crippen LogP contribution in [0.25, 0.3) is 10.9 Å². The second-order valence-electron chi connectivity index (χ2n) is 8.79. The van der Waals surface area contributed by atoms with E-state index in [0.29, 0.717) is 25.1 Å². The summed E-state index contributed by atoms with van der Waals surface area (Å²) in [7, 11) is 0. The number of carbonyl (C=O) groups is 2. The highest BCUT2D eigenvalue weighted by Crippen LogP contribution is 2.31. The van der Waals surface area contributed by atoms with Crippen molar-refractivity contribution in [2.75, 3.05) is 6.54 Å². The zero-order valence-electron chi connectivity index (χ0n) is 18.4. The predicted molar refractivity (Wildman–Crippen MR) is 119 cm³/mol. The molecule has 8 nitrogen and oxygen atoms in total. The Kier molecular flexibility index (Phi) is 5.80. The fourth-order valence-electron chi connectivity index (χ4n) is 4.46. The summed E-state index contributed by atoms with van der Waals surface area (Å²) in [6.45, 7) is 7.36. The van der Waals surface area contributed by atoms with Crippen molar-refractivity contribution in [3.05, 3.63) is 47.4 Å². The molecule has 0 unspecified atom stereocenters. The predicted octanol–water partition coefficient (Wildman–Crippen LogP) is 2.87. The number of H-pyrrole nitrogens is 1. The molecule has 1 fully saturated rings. The van der Waals surface area contributed by atoms with E-state index < -0.39 is 5.54 Å². The van der Waals surface area contributed by atoms with Gasteiger partial charge in [0.2, 0.25) is 5.91 Å². The lowest BCUT2D eigenvalue weighted by atomic mass is 9.95. The van der Waals surface area contributed by atoms with Gasteiger partial charge in [0.25, 0.3) is 5.91 Å². The van der Waals surface area contributed by atoms with Crippen molar-refractivity contribution in [1.29, 1.82) is 0 Å². The van der Waals surface area contributed by atoms with Gasteiger partial charge in [-0.1, -0.05) is 38.0 Å². The lowest BCUT2D eigenvalue weighted by molar-refractivity contribution is -0.127. The standard InChI is InChI=1S/C23H30N6O2/c1-15(14-29-17(3)12-16(2)28-29)13-24-22(31)23(10-6-7-11-23)25-21(30)20-18-8-4-5-9-19(18)26-27-20/h4-5,8-9,12,15H,6-7,10-11,13-14H2,1-3H3,(H,24,31)(H,25,30)(H,26,27)/t15-/m1/s1. The van der Waals surface area contributed by atoms with Crippen molar-refractivity contribution < 1.29 is 9.59 Å². The summed E-state index contributed by atoms with van der Waals surface area (Å²) < 4.78 is 1.97. The topological polar surface area (TPSA) is 105 Å². The molecule has 4 rings (SSSR count). The molecule has 2 amide bonds. The lowest BCUT2D eigenvalue weighted by Gasteiger charge is -2.29. The number of benzene rings is 1. The van der Waals surface area contributed by atoms with Gasteiger partial charge in [-0.15, -0.1) is 0 Å². The number of nitrogens with one attached hydrogen (secondary N) is 3. The molecule has 0 spiro atoms. The fraction of sp³-hybridized carbons (Fsp3) is 0.478. The monoisotopic (exact) mass is 422 g/mol. The highest BCUT2D eigenvalue weighted by molar-refractivity contribution is 6.06. The fourth-order valence-corrected chi connectivity index (χ4v) is 4.46. The van der Waals surface area contributed by atoms with Gasteiger partial charge in [0.15, 0.2) is 5.69 Å². The van der Waals surface area contributed by atoms with Gasteiger partial charge in [-0.25, -0.2) is 0 Å². The van der Waals surface area contributed by atoms with Gasteiger partial charge in [0.1, 0.15) is 5.54 Å². The van der Waals surface area contributed by atoms with Crippen LogP contribution in [-0.4, -0.2) is 43.9 Å². The first-order valence-electron chi connectivity index (χ1n) is 10.9. The molecule has 1 aliphatic rings. The maximum Gasteiger partial charge on any atom is 0.273 e. The molecule has 3 aromatic rings. The minimum absolute atomic E-state index is 0.113. The quantitative estimate of drug-likeness (QED) is 0.544. The van der Waals surface area contributed by atoms with E-state index in [0.717, 1.165) is 41.7 Å². The Morgan fingerprint density at radius 3 is 2.68 bits per heavy atom. The summed E-state index contributed by atoms with van der Waals surface area (Å²) in [5, 5.41) is 18.4. The van der Waals surface area contributed by atoms with Crippen LogP contribution in [0.5, 0.6) is 0 Å². The maximum absolute atomic E-state index is 13.2. The van der Waals surface area contributed by atoms with Crippen LogP contribution in [0.3, 0.4) is 0 Å². The van der Waals surface area contributed by atoms with Crippen LogP contribution in [0.2, 0.25) is 0 Å². The first-order chi connectivity index (χ1) is 14.9. The molecule has 2 aromatic heterocycles. The zero-order valence-corrected chi connectivity index (χ0v) is 18.4. The third-order valence-electron chi connectivity index (χ3n) is 6.13. The number of aromatic nitrogens is 4. The molecular weight excluding hydrogens is 392 g/mol. The lowest BCUT2D eigenvalue weighted by Crippen LogP contribution is -2.57. The zero-order chi connectivity index (χ0) is 22.0. The summed E-state index contributed by atoms with van der Waals surface area (Å²) in [6.07, 6.45) is 3.10. The van der Waals surface area contributed by atoms with Crippen LogP contribution >= 0.6 is 0 Å². The van der Waals surface area contributed by atoms with Gasteiger partial charge in [0, 0.05) is 24.2 Å². The summed E-state index contributed by atoms with van der Waals surface area (Å²) in [5.74, 6) is -0.213. The van der Waals surface area contributed by atoms with E-state index >= 15 is 0 Å². The smallest absolute Gasteiger partial charge is 0.273 e. The first kappa shape index (κ1) is 21.1. The number of amides is 2. The van der Waals surface area contributed by atoms with Crippen LogP contribution in [0.4, 0.5) is 0 Å². The Morgan fingerprint density at radius 2 is 1.97 bits per heavy atom. The minimum atomic E-state index is -0.880. The Bertz CT molecular complexity index is 1090. The van der Waals surface area contributed by atoms with Crippen molar-refractivity contribution in [2.45, 2.75) is 58.5 Å². The van der Waals surface area contributed by atoms with Gasteiger partial charge in [-0.2, -0.15) is 10.2 Å². The molecule has 0 saturated heterocycles. The average Bonchev–Trinajstić information content (AvgIpc) is 3.45. The van der Waals surface area contributed by atoms with Gasteiger partial charge >= 0.3 is 0 Å². The van der Waals surface area contributed by atoms with Crippen molar-refractivity contribution in [2.24, 2.45) is 5.92 Å². The van der Waals surface area contributed by atoms with Gasteiger partial charge in [-0.05, 0) is 44.7 Å². The molecule has 1 saturated carbocycles. The Hall–Kier alpha value is -3.16. The van der Waals surface area contributed by atoms with E-state index in [4.69, 9.17) is 0 Å². The van der Waals surface area contributed by atoms with Crippen LogP contribution in [0.15, 0.2) is 30.3 Å². The highest BCUT2D eigenvalue weighted by atomic mass is 16.2. The molecule has 0 radical (unpaired) electrons. The van der Waals surface area contributed by atoms with Gasteiger partial charge in [-0.3, -0.25) is 19.4 Å². The summed E-state index contributed by atoms with van der Waals surface area (Å²) in [4.78, 5) is 26.2. The molecule has 31 heavy (non-hydrogen) atoms. The SMILES string of the molecule is Cc1cc(C)n(C[C@H](C)CNC(=O)C2(NC(=O)c3n[nH]c4ccccc34)CCCC2)n1. The Balaban J connectivity index is 1.41. The van der Waals surface area contributed by atoms with Crippen molar-refractivity contribution in [3.8, 4) is 0 Å². The van der Waals surface area contributed by atoms with Crippen LogP contribution < -0.4 is 10.6 Å². The number of hydrogen-bond acceptors (Lipinski definition) is 4. The number of para-hydroxylation sites is 1. The van der Waals surface area contributed by atoms with E-state index in [-0.39, 0.29) is 17.7 Å². The number of nitrogens with zero attached hydrogens (tertiary/aromatic N) is 3. The van der Waals surface area contributed by atoms with Gasteiger partial charge in [0.05, 0.1) is 11.2 Å². The highest BCUT2D eigenvalue weighted by Gasteiger charge is 2.43. The molecule has 0 bridgehead atoms. The van der Waals surface area contributed by atoms with Crippen molar-refractivity contribution in [3.63, 3.8) is 0 Å². The number of aromatic amines is 1. The van der Waals surface area contributed by atoms with E-state index in [9.17, 15) is 9.59 Å². The molecule has 2 heterocycles. The van der Waals surface area contributed by atoms with E-state index in [1.165, 1.54) is 0 Å². The maximum atomic E-state index is 13.2. The van der Waals surface area contributed by atoms with Gasteiger partial charge < -0.3 is 10.6 Å². The second-order valence-corrected chi connectivity index (χ2v) is 8.79. The number of carbonyl (C=O) groups excluding carboxylic acids is 2. The van der Waals surface area contributed by atoms with Crippen molar-refractivity contribution >= 4 is 22.7 Å². The average molecular weight is 423 g/mol. The molecule has 8 heteroatoms. The van der Waals surface area contributed by atoms with E-state index in [2.05, 4.69) is 32.9 Å². The Morgan fingerprint density at radius 1 is 1.23 bits per heavy atom. The molecule has 3 N–H and O–H groups in total. The van der Waals surface area contributed by atoms with Crippen LogP contribution in [0.1, 0.15) is 54.5 Å². The third-order valence-corrected chi connectivity index (χ3v) is 6.13. The van der Waals surface area contributed by atoms with E-state index in [1.807, 2.05) is 48.9 Å². The molecule has 1 aromatic carbocycles. The second kappa shape index (κ2) is 8.53. The largest absolute Gasteiger partial charge is 0.354 e. The minimum Gasteiger partial charge on any atom is -0.354 e. The first-order valence-corrected chi connectivity index (χ1v) is 10.9. The summed E-state index contributed by atoms with van der Waals surface area (Å²) in [6, 6.07) is 9.54. The molecule has 164 valence electrons. The normalized spacial score (nSPS) is 16.4. The van der Waals surface area contributed by atoms with Crippen LogP contribution in [0, 0.1) is 19.8 Å². The number of hydrogen-bond donors (Lipinski definition) is 3.